The Morgan fingerprint density at radius 3 is 2.60 bits per heavy atom. The fourth-order valence-electron chi connectivity index (χ4n) is 3.18. The summed E-state index contributed by atoms with van der Waals surface area (Å²) in [5.41, 5.74) is 17.7. The largest absolute Gasteiger partial charge is 0.370 e. The van der Waals surface area contributed by atoms with Crippen molar-refractivity contribution >= 4 is 18.2 Å². The van der Waals surface area contributed by atoms with E-state index < -0.39 is 6.04 Å². The maximum atomic E-state index is 12.6. The smallest absolute Gasteiger partial charge is 0.240 e. The number of aliphatic imine (C=N–C) groups is 1. The van der Waals surface area contributed by atoms with Gasteiger partial charge in [-0.05, 0) is 31.2 Å². The van der Waals surface area contributed by atoms with Crippen molar-refractivity contribution in [2.75, 3.05) is 13.1 Å². The second kappa shape index (κ2) is 9.17. The fraction of sp³-hybridized carbons (Fsp3) is 0.500. The molecule has 0 bridgehead atoms. The summed E-state index contributed by atoms with van der Waals surface area (Å²) < 4.78 is 0. The molecule has 0 radical (unpaired) electrons. The van der Waals surface area contributed by atoms with Crippen LogP contribution in [0.2, 0.25) is 0 Å². The Kier molecular flexibility index (Phi) is 6.94. The second-order valence-corrected chi connectivity index (χ2v) is 6.43. The van der Waals surface area contributed by atoms with E-state index in [9.17, 15) is 9.59 Å². The quantitative estimate of drug-likeness (QED) is 0.252. The van der Waals surface area contributed by atoms with Crippen LogP contribution in [0.1, 0.15) is 24.8 Å². The number of hydrogen-bond donors (Lipinski definition) is 3. The highest BCUT2D eigenvalue weighted by Crippen LogP contribution is 2.27. The van der Waals surface area contributed by atoms with Gasteiger partial charge in [-0.2, -0.15) is 0 Å². The van der Waals surface area contributed by atoms with Gasteiger partial charge in [-0.25, -0.2) is 0 Å². The first-order valence-corrected chi connectivity index (χ1v) is 8.63. The first-order chi connectivity index (χ1) is 12.0. The summed E-state index contributed by atoms with van der Waals surface area (Å²) in [7, 11) is 0. The second-order valence-electron chi connectivity index (χ2n) is 6.43. The summed E-state index contributed by atoms with van der Waals surface area (Å²) >= 11 is 0. The van der Waals surface area contributed by atoms with E-state index in [2.05, 4.69) is 4.99 Å². The molecule has 0 spiro atoms. The van der Waals surface area contributed by atoms with Crippen LogP contribution in [0.5, 0.6) is 0 Å². The van der Waals surface area contributed by atoms with Gasteiger partial charge in [0.2, 0.25) is 5.91 Å². The van der Waals surface area contributed by atoms with Gasteiger partial charge in [0, 0.05) is 25.0 Å². The lowest BCUT2D eigenvalue weighted by molar-refractivity contribution is -0.143. The van der Waals surface area contributed by atoms with Gasteiger partial charge in [0.15, 0.2) is 5.96 Å². The molecule has 1 amide bonds. The Balaban J connectivity index is 1.87. The van der Waals surface area contributed by atoms with Crippen LogP contribution < -0.4 is 17.2 Å². The number of amides is 1. The Bertz CT molecular complexity index is 601. The molecule has 1 saturated heterocycles. The van der Waals surface area contributed by atoms with Crippen LogP contribution in [0.25, 0.3) is 0 Å². The summed E-state index contributed by atoms with van der Waals surface area (Å²) in [6, 6.07) is 9.05. The van der Waals surface area contributed by atoms with E-state index in [1.165, 1.54) is 0 Å². The molecule has 1 aromatic carbocycles. The van der Waals surface area contributed by atoms with Crippen LogP contribution in [0.3, 0.4) is 0 Å². The third kappa shape index (κ3) is 5.29. The number of rotatable bonds is 9. The molecule has 1 aliphatic rings. The van der Waals surface area contributed by atoms with Gasteiger partial charge in [0.05, 0.1) is 6.04 Å². The normalized spacial score (nSPS) is 18.8. The lowest BCUT2D eigenvalue weighted by Crippen LogP contribution is -2.59. The van der Waals surface area contributed by atoms with Crippen LogP contribution in [0.15, 0.2) is 35.3 Å². The Hall–Kier alpha value is -2.41. The van der Waals surface area contributed by atoms with E-state index in [1.807, 2.05) is 30.3 Å². The van der Waals surface area contributed by atoms with Crippen molar-refractivity contribution < 1.29 is 9.59 Å². The average molecular weight is 345 g/mol. The zero-order valence-corrected chi connectivity index (χ0v) is 14.4. The number of aldehydes is 1. The van der Waals surface area contributed by atoms with Crippen molar-refractivity contribution in [3.63, 3.8) is 0 Å². The fourth-order valence-corrected chi connectivity index (χ4v) is 3.18. The number of benzene rings is 1. The van der Waals surface area contributed by atoms with Gasteiger partial charge >= 0.3 is 0 Å². The summed E-state index contributed by atoms with van der Waals surface area (Å²) in [5.74, 6) is -0.234. The third-order valence-electron chi connectivity index (χ3n) is 4.62. The molecule has 7 heteroatoms. The number of carbonyl (C=O) groups excluding carboxylic acids is 2. The molecule has 1 fully saturated rings. The van der Waals surface area contributed by atoms with E-state index >= 15 is 0 Å². The van der Waals surface area contributed by atoms with Crippen LogP contribution >= 0.6 is 0 Å². The number of hydrogen-bond acceptors (Lipinski definition) is 4. The third-order valence-corrected chi connectivity index (χ3v) is 4.62. The summed E-state index contributed by atoms with van der Waals surface area (Å²) in [5, 5.41) is 0. The van der Waals surface area contributed by atoms with Crippen LogP contribution in [-0.2, 0) is 16.0 Å². The Morgan fingerprint density at radius 2 is 2.04 bits per heavy atom. The molecule has 25 heavy (non-hydrogen) atoms. The molecule has 0 aromatic heterocycles. The minimum atomic E-state index is -0.584. The maximum absolute atomic E-state index is 12.6. The lowest BCUT2D eigenvalue weighted by Gasteiger charge is -2.45. The Morgan fingerprint density at radius 1 is 1.32 bits per heavy atom. The van der Waals surface area contributed by atoms with E-state index in [0.29, 0.717) is 32.4 Å². The molecule has 0 aliphatic carbocycles. The topological polar surface area (TPSA) is 128 Å². The van der Waals surface area contributed by atoms with Crippen molar-refractivity contribution in [1.82, 2.24) is 4.90 Å². The van der Waals surface area contributed by atoms with E-state index in [4.69, 9.17) is 17.2 Å². The number of likely N-dealkylation sites (tertiary alicyclic amines) is 1. The molecule has 3 atom stereocenters. The molecule has 1 aliphatic heterocycles. The van der Waals surface area contributed by atoms with E-state index in [0.717, 1.165) is 18.3 Å². The number of carbonyl (C=O) groups is 2. The van der Waals surface area contributed by atoms with E-state index in [1.54, 1.807) is 4.90 Å². The van der Waals surface area contributed by atoms with Gasteiger partial charge in [-0.1, -0.05) is 30.3 Å². The van der Waals surface area contributed by atoms with Crippen molar-refractivity contribution in [1.29, 1.82) is 0 Å². The monoisotopic (exact) mass is 345 g/mol. The van der Waals surface area contributed by atoms with Crippen LogP contribution in [-0.4, -0.2) is 48.2 Å². The molecule has 136 valence electrons. The first-order valence-electron chi connectivity index (χ1n) is 8.63. The summed E-state index contributed by atoms with van der Waals surface area (Å²) in [6.45, 7) is 1.14. The number of guanidine groups is 1. The molecule has 6 N–H and O–H groups in total. The highest BCUT2D eigenvalue weighted by molar-refractivity contribution is 5.83. The molecule has 0 saturated carbocycles. The molecular formula is C18H27N5O2. The maximum Gasteiger partial charge on any atom is 0.240 e. The molecule has 7 nitrogen and oxygen atoms in total. The van der Waals surface area contributed by atoms with Gasteiger partial charge in [-0.15, -0.1) is 0 Å². The average Bonchev–Trinajstić information content (AvgIpc) is 2.57. The number of nitrogens with two attached hydrogens (primary N) is 3. The first kappa shape index (κ1) is 18.9. The molecular weight excluding hydrogens is 318 g/mol. The SMILES string of the molecule is NC(N)=NCCC[C@H](C=O)[C@@H]1CCN1C(=O)[C@H](N)Cc1ccccc1. The van der Waals surface area contributed by atoms with Gasteiger partial charge < -0.3 is 26.9 Å². The van der Waals surface area contributed by atoms with Crippen molar-refractivity contribution in [2.24, 2.45) is 28.1 Å². The predicted octanol–water partition coefficient (Wildman–Crippen LogP) is 0.0260. The minimum absolute atomic E-state index is 0.0509. The van der Waals surface area contributed by atoms with E-state index in [-0.39, 0.29) is 23.8 Å². The predicted molar refractivity (Wildman–Crippen MR) is 97.7 cm³/mol. The zero-order valence-electron chi connectivity index (χ0n) is 14.4. The van der Waals surface area contributed by atoms with Crippen molar-refractivity contribution in [3.8, 4) is 0 Å². The van der Waals surface area contributed by atoms with Crippen LogP contribution in [0, 0.1) is 5.92 Å². The van der Waals surface area contributed by atoms with Gasteiger partial charge in [-0.3, -0.25) is 9.79 Å². The molecule has 1 aromatic rings. The molecule has 0 unspecified atom stereocenters. The lowest BCUT2D eigenvalue weighted by atomic mass is 9.86. The van der Waals surface area contributed by atoms with Gasteiger partial charge in [0.1, 0.15) is 6.29 Å². The summed E-state index contributed by atoms with van der Waals surface area (Å²) in [4.78, 5) is 29.7. The zero-order chi connectivity index (χ0) is 18.2. The van der Waals surface area contributed by atoms with Crippen molar-refractivity contribution in [3.05, 3.63) is 35.9 Å². The minimum Gasteiger partial charge on any atom is -0.370 e. The van der Waals surface area contributed by atoms with Crippen molar-refractivity contribution in [2.45, 2.75) is 37.8 Å². The Labute approximate surface area is 148 Å². The summed E-state index contributed by atoms with van der Waals surface area (Å²) in [6.07, 6.45) is 3.62. The molecule has 1 heterocycles. The standard InChI is InChI=1S/C18H27N5O2/c19-15(11-13-5-2-1-3-6-13)17(25)23-10-8-16(23)14(12-24)7-4-9-22-18(20)21/h1-3,5-6,12,14-16H,4,7-11,19H2,(H4,20,21,22)/t14-,15-,16+/m1/s1. The molecule has 2 rings (SSSR count). The van der Waals surface area contributed by atoms with Gasteiger partial charge in [0.25, 0.3) is 0 Å². The number of nitrogens with zero attached hydrogens (tertiary/aromatic N) is 2. The van der Waals surface area contributed by atoms with Crippen LogP contribution in [0.4, 0.5) is 0 Å². The highest BCUT2D eigenvalue weighted by atomic mass is 16.2. The highest BCUT2D eigenvalue weighted by Gasteiger charge is 2.39.